The van der Waals surface area contributed by atoms with E-state index < -0.39 is 0 Å². The Balaban J connectivity index is 1.61. The third-order valence-electron chi connectivity index (χ3n) is 5.29. The lowest BCUT2D eigenvalue weighted by molar-refractivity contribution is -0.119. The van der Waals surface area contributed by atoms with Crippen molar-refractivity contribution in [1.82, 2.24) is 14.7 Å². The number of rotatable bonds is 4. The number of methoxy groups -OCH3 is 1. The van der Waals surface area contributed by atoms with E-state index in [-0.39, 0.29) is 11.8 Å². The number of likely N-dealkylation sites (tertiary alicyclic amines) is 1. The van der Waals surface area contributed by atoms with Crippen LogP contribution in [0.3, 0.4) is 0 Å². The first-order valence-corrected chi connectivity index (χ1v) is 8.72. The van der Waals surface area contributed by atoms with Crippen molar-refractivity contribution in [3.05, 3.63) is 5.69 Å². The molecule has 128 valence electrons. The number of hydrogen-bond acceptors (Lipinski definition) is 4. The highest BCUT2D eigenvalue weighted by Crippen LogP contribution is 2.31. The molecule has 1 aliphatic heterocycles. The molecule has 2 heterocycles. The molecule has 0 bridgehead atoms. The summed E-state index contributed by atoms with van der Waals surface area (Å²) >= 11 is 0. The van der Waals surface area contributed by atoms with Crippen LogP contribution in [0.5, 0.6) is 5.88 Å². The SMILES string of the molecule is COc1c(NC(=O)C2CCN(C3CCCCC3)C2)c(C)nn1C. The van der Waals surface area contributed by atoms with Crippen molar-refractivity contribution < 1.29 is 9.53 Å². The molecule has 2 aliphatic rings. The zero-order chi connectivity index (χ0) is 16.4. The van der Waals surface area contributed by atoms with Crippen LogP contribution in [0.25, 0.3) is 0 Å². The zero-order valence-corrected chi connectivity index (χ0v) is 14.5. The molecule has 2 fully saturated rings. The quantitative estimate of drug-likeness (QED) is 0.925. The lowest BCUT2D eigenvalue weighted by atomic mass is 9.94. The molecule has 6 nitrogen and oxygen atoms in total. The van der Waals surface area contributed by atoms with Gasteiger partial charge in [0.15, 0.2) is 0 Å². The van der Waals surface area contributed by atoms with Gasteiger partial charge in [-0.2, -0.15) is 5.10 Å². The van der Waals surface area contributed by atoms with Crippen LogP contribution in [0, 0.1) is 12.8 Å². The average molecular weight is 320 g/mol. The zero-order valence-electron chi connectivity index (χ0n) is 14.5. The topological polar surface area (TPSA) is 59.4 Å². The molecule has 0 aromatic carbocycles. The van der Waals surface area contributed by atoms with Crippen molar-refractivity contribution in [2.24, 2.45) is 13.0 Å². The van der Waals surface area contributed by atoms with Crippen LogP contribution < -0.4 is 10.1 Å². The second-order valence-corrected chi connectivity index (χ2v) is 6.85. The largest absolute Gasteiger partial charge is 0.480 e. The molecule has 1 unspecified atom stereocenters. The maximum Gasteiger partial charge on any atom is 0.236 e. The number of nitrogens with one attached hydrogen (secondary N) is 1. The number of nitrogens with zero attached hydrogens (tertiary/aromatic N) is 3. The fourth-order valence-electron chi connectivity index (χ4n) is 4.02. The molecule has 1 aromatic heterocycles. The van der Waals surface area contributed by atoms with Gasteiger partial charge in [0.25, 0.3) is 0 Å². The minimum Gasteiger partial charge on any atom is -0.480 e. The van der Waals surface area contributed by atoms with E-state index in [1.165, 1.54) is 32.1 Å². The number of hydrogen-bond donors (Lipinski definition) is 1. The first-order valence-electron chi connectivity index (χ1n) is 8.72. The number of carbonyl (C=O) groups is 1. The summed E-state index contributed by atoms with van der Waals surface area (Å²) in [6, 6.07) is 0.691. The average Bonchev–Trinajstić information content (AvgIpc) is 3.14. The molecule has 1 saturated heterocycles. The monoisotopic (exact) mass is 320 g/mol. The van der Waals surface area contributed by atoms with Crippen LogP contribution in [-0.2, 0) is 11.8 Å². The van der Waals surface area contributed by atoms with E-state index in [0.717, 1.165) is 25.2 Å². The van der Waals surface area contributed by atoms with Gasteiger partial charge in [-0.05, 0) is 32.7 Å². The van der Waals surface area contributed by atoms with Gasteiger partial charge in [-0.3, -0.25) is 9.69 Å². The molecular weight excluding hydrogens is 292 g/mol. The van der Waals surface area contributed by atoms with E-state index in [9.17, 15) is 4.79 Å². The second kappa shape index (κ2) is 6.91. The lowest BCUT2D eigenvalue weighted by Gasteiger charge is -2.30. The molecule has 6 heteroatoms. The summed E-state index contributed by atoms with van der Waals surface area (Å²) in [6.45, 7) is 3.82. The number of ether oxygens (including phenoxy) is 1. The number of amides is 1. The fraction of sp³-hybridized carbons (Fsp3) is 0.765. The number of carbonyl (C=O) groups excluding carboxylic acids is 1. The van der Waals surface area contributed by atoms with Gasteiger partial charge in [-0.15, -0.1) is 0 Å². The molecule has 1 aromatic rings. The number of anilines is 1. The van der Waals surface area contributed by atoms with Crippen LogP contribution in [-0.4, -0.2) is 46.8 Å². The summed E-state index contributed by atoms with van der Waals surface area (Å²) in [5, 5.41) is 7.36. The van der Waals surface area contributed by atoms with Crippen LogP contribution in [0.2, 0.25) is 0 Å². The normalized spacial score (nSPS) is 23.2. The standard InChI is InChI=1S/C17H28N4O2/c1-12-15(17(23-3)20(2)19-12)18-16(22)13-9-10-21(11-13)14-7-5-4-6-8-14/h13-14H,4-11H2,1-3H3,(H,18,22). The van der Waals surface area contributed by atoms with Gasteiger partial charge in [0.2, 0.25) is 11.8 Å². The lowest BCUT2D eigenvalue weighted by Crippen LogP contribution is -2.36. The Hall–Kier alpha value is -1.56. The van der Waals surface area contributed by atoms with Gasteiger partial charge in [-0.25, -0.2) is 4.68 Å². The van der Waals surface area contributed by atoms with Crippen molar-refractivity contribution in [1.29, 1.82) is 0 Å². The van der Waals surface area contributed by atoms with Gasteiger partial charge in [0, 0.05) is 19.6 Å². The highest BCUT2D eigenvalue weighted by atomic mass is 16.5. The van der Waals surface area contributed by atoms with Crippen molar-refractivity contribution >= 4 is 11.6 Å². The molecule has 23 heavy (non-hydrogen) atoms. The maximum absolute atomic E-state index is 12.6. The van der Waals surface area contributed by atoms with Gasteiger partial charge >= 0.3 is 0 Å². The summed E-state index contributed by atoms with van der Waals surface area (Å²) in [5.41, 5.74) is 1.50. The van der Waals surface area contributed by atoms with Crippen molar-refractivity contribution in [3.8, 4) is 5.88 Å². The molecular formula is C17H28N4O2. The van der Waals surface area contributed by atoms with Crippen LogP contribution in [0.15, 0.2) is 0 Å². The second-order valence-electron chi connectivity index (χ2n) is 6.85. The van der Waals surface area contributed by atoms with Crippen molar-refractivity contribution in [3.63, 3.8) is 0 Å². The predicted octanol–water partition coefficient (Wildman–Crippen LogP) is 2.33. The number of aromatic nitrogens is 2. The van der Waals surface area contributed by atoms with Gasteiger partial charge in [0.1, 0.15) is 5.69 Å². The third kappa shape index (κ3) is 3.37. The molecule has 1 saturated carbocycles. The maximum atomic E-state index is 12.6. The molecule has 1 amide bonds. The van der Waals surface area contributed by atoms with Gasteiger partial charge in [0.05, 0.1) is 18.7 Å². The van der Waals surface area contributed by atoms with E-state index in [2.05, 4.69) is 15.3 Å². The molecule has 1 atom stereocenters. The summed E-state index contributed by atoms with van der Waals surface area (Å²) in [7, 11) is 3.42. The van der Waals surface area contributed by atoms with Crippen molar-refractivity contribution in [2.45, 2.75) is 51.5 Å². The Morgan fingerprint density at radius 1 is 1.26 bits per heavy atom. The Labute approximate surface area is 138 Å². The minimum absolute atomic E-state index is 0.0706. The summed E-state index contributed by atoms with van der Waals surface area (Å²) in [5.74, 6) is 0.775. The smallest absolute Gasteiger partial charge is 0.236 e. The van der Waals surface area contributed by atoms with Crippen LogP contribution in [0.1, 0.15) is 44.2 Å². The van der Waals surface area contributed by atoms with E-state index in [1.54, 1.807) is 11.8 Å². The Morgan fingerprint density at radius 2 is 2.00 bits per heavy atom. The van der Waals surface area contributed by atoms with Gasteiger partial charge < -0.3 is 10.1 Å². The van der Waals surface area contributed by atoms with E-state index >= 15 is 0 Å². The highest BCUT2D eigenvalue weighted by Gasteiger charge is 2.33. The molecule has 0 spiro atoms. The van der Waals surface area contributed by atoms with E-state index in [0.29, 0.717) is 17.6 Å². The fourth-order valence-corrected chi connectivity index (χ4v) is 4.02. The molecule has 1 aliphatic carbocycles. The molecule has 3 rings (SSSR count). The van der Waals surface area contributed by atoms with E-state index in [4.69, 9.17) is 4.74 Å². The molecule has 0 radical (unpaired) electrons. The highest BCUT2D eigenvalue weighted by molar-refractivity contribution is 5.94. The summed E-state index contributed by atoms with van der Waals surface area (Å²) in [6.07, 6.45) is 7.58. The Morgan fingerprint density at radius 3 is 2.70 bits per heavy atom. The first kappa shape index (κ1) is 16.3. The first-order chi connectivity index (χ1) is 11.1. The third-order valence-corrected chi connectivity index (χ3v) is 5.29. The van der Waals surface area contributed by atoms with E-state index in [1.807, 2.05) is 14.0 Å². The van der Waals surface area contributed by atoms with Crippen molar-refractivity contribution in [2.75, 3.05) is 25.5 Å². The summed E-state index contributed by atoms with van der Waals surface area (Å²) in [4.78, 5) is 15.2. The number of aryl methyl sites for hydroxylation is 2. The molecule has 1 N–H and O–H groups in total. The Bertz CT molecular complexity index is 563. The van der Waals surface area contributed by atoms with Crippen LogP contribution in [0.4, 0.5) is 5.69 Å². The predicted molar refractivity (Wildman–Crippen MR) is 89.7 cm³/mol. The van der Waals surface area contributed by atoms with Gasteiger partial charge in [-0.1, -0.05) is 19.3 Å². The Kier molecular flexibility index (Phi) is 4.90. The minimum atomic E-state index is 0.0706. The van der Waals surface area contributed by atoms with Crippen LogP contribution >= 0.6 is 0 Å². The summed E-state index contributed by atoms with van der Waals surface area (Å²) < 4.78 is 7.01.